The van der Waals surface area contributed by atoms with Crippen molar-refractivity contribution in [3.05, 3.63) is 47.5 Å². The lowest BCUT2D eigenvalue weighted by Gasteiger charge is -2.33. The van der Waals surface area contributed by atoms with Crippen LogP contribution < -0.4 is 0 Å². The number of β-amino-alcohol motifs (C(OH)–C–C–N with tert-alkyl or cyclic N) is 1. The number of rotatable bonds is 2. The van der Waals surface area contributed by atoms with E-state index in [1.54, 1.807) is 27.8 Å². The van der Waals surface area contributed by atoms with E-state index in [2.05, 4.69) is 5.10 Å². The Morgan fingerprint density at radius 3 is 2.87 bits per heavy atom. The number of aryl methyl sites for hydroxylation is 1. The average molecular weight is 317 g/mol. The van der Waals surface area contributed by atoms with E-state index in [-0.39, 0.29) is 17.6 Å². The maximum atomic E-state index is 13.4. The number of piperidine rings is 1. The monoisotopic (exact) mass is 317 g/mol. The SMILES string of the molecule is Cc1cc(C(=O)N2CCC(C)C(O)C2)nn1-c1cccc(F)c1. The minimum Gasteiger partial charge on any atom is -0.391 e. The van der Waals surface area contributed by atoms with Gasteiger partial charge in [-0.3, -0.25) is 4.79 Å². The number of hydrogen-bond acceptors (Lipinski definition) is 3. The smallest absolute Gasteiger partial charge is 0.274 e. The molecule has 0 aliphatic carbocycles. The Morgan fingerprint density at radius 1 is 1.39 bits per heavy atom. The van der Waals surface area contributed by atoms with Crippen molar-refractivity contribution in [1.82, 2.24) is 14.7 Å². The lowest BCUT2D eigenvalue weighted by molar-refractivity contribution is 0.0245. The van der Waals surface area contributed by atoms with Gasteiger partial charge in [0, 0.05) is 18.8 Å². The molecular weight excluding hydrogens is 297 g/mol. The van der Waals surface area contributed by atoms with E-state index in [1.807, 2.05) is 13.8 Å². The first-order valence-corrected chi connectivity index (χ1v) is 7.75. The second kappa shape index (κ2) is 6.12. The predicted octanol–water partition coefficient (Wildman–Crippen LogP) is 2.16. The summed E-state index contributed by atoms with van der Waals surface area (Å²) >= 11 is 0. The predicted molar refractivity (Wildman–Crippen MR) is 84.0 cm³/mol. The highest BCUT2D eigenvalue weighted by Crippen LogP contribution is 2.20. The topological polar surface area (TPSA) is 58.4 Å². The number of benzene rings is 1. The third kappa shape index (κ3) is 3.12. The van der Waals surface area contributed by atoms with Crippen molar-refractivity contribution < 1.29 is 14.3 Å². The summed E-state index contributed by atoms with van der Waals surface area (Å²) in [5.74, 6) is -0.349. The lowest BCUT2D eigenvalue weighted by Crippen LogP contribution is -2.45. The van der Waals surface area contributed by atoms with Crippen LogP contribution in [0.1, 0.15) is 29.5 Å². The number of halogens is 1. The van der Waals surface area contributed by atoms with Crippen molar-refractivity contribution in [2.75, 3.05) is 13.1 Å². The average Bonchev–Trinajstić information content (AvgIpc) is 2.91. The van der Waals surface area contributed by atoms with E-state index < -0.39 is 6.10 Å². The number of amides is 1. The molecule has 5 nitrogen and oxygen atoms in total. The first kappa shape index (κ1) is 15.7. The molecule has 2 atom stereocenters. The van der Waals surface area contributed by atoms with E-state index in [1.165, 1.54) is 12.1 Å². The van der Waals surface area contributed by atoms with E-state index in [9.17, 15) is 14.3 Å². The zero-order valence-corrected chi connectivity index (χ0v) is 13.2. The number of hydrogen-bond donors (Lipinski definition) is 1. The molecule has 6 heteroatoms. The van der Waals surface area contributed by atoms with Gasteiger partial charge in [0.1, 0.15) is 5.82 Å². The Hall–Kier alpha value is -2.21. The second-order valence-electron chi connectivity index (χ2n) is 6.15. The van der Waals surface area contributed by atoms with Crippen molar-refractivity contribution in [2.45, 2.75) is 26.4 Å². The molecule has 1 saturated heterocycles. The third-order valence-corrected chi connectivity index (χ3v) is 4.37. The summed E-state index contributed by atoms with van der Waals surface area (Å²) in [4.78, 5) is 14.2. The van der Waals surface area contributed by atoms with Crippen molar-refractivity contribution in [1.29, 1.82) is 0 Å². The fourth-order valence-corrected chi connectivity index (χ4v) is 2.84. The fourth-order valence-electron chi connectivity index (χ4n) is 2.84. The maximum Gasteiger partial charge on any atom is 0.274 e. The van der Waals surface area contributed by atoms with Gasteiger partial charge < -0.3 is 10.0 Å². The van der Waals surface area contributed by atoms with Gasteiger partial charge in [0.2, 0.25) is 0 Å². The largest absolute Gasteiger partial charge is 0.391 e. The van der Waals surface area contributed by atoms with E-state index in [0.717, 1.165) is 12.1 Å². The zero-order valence-electron chi connectivity index (χ0n) is 13.2. The summed E-state index contributed by atoms with van der Waals surface area (Å²) in [5, 5.41) is 14.3. The quantitative estimate of drug-likeness (QED) is 0.923. The maximum absolute atomic E-state index is 13.4. The van der Waals surface area contributed by atoms with Gasteiger partial charge >= 0.3 is 0 Å². The van der Waals surface area contributed by atoms with Crippen LogP contribution in [0.5, 0.6) is 0 Å². The van der Waals surface area contributed by atoms with Crippen LogP contribution in [-0.2, 0) is 0 Å². The summed E-state index contributed by atoms with van der Waals surface area (Å²) in [7, 11) is 0. The van der Waals surface area contributed by atoms with Gasteiger partial charge in [0.15, 0.2) is 5.69 Å². The van der Waals surface area contributed by atoms with Crippen LogP contribution in [-0.4, -0.2) is 44.9 Å². The summed E-state index contributed by atoms with van der Waals surface area (Å²) in [5.41, 5.74) is 1.65. The number of likely N-dealkylation sites (tertiary alicyclic amines) is 1. The van der Waals surface area contributed by atoms with E-state index >= 15 is 0 Å². The molecule has 0 spiro atoms. The van der Waals surface area contributed by atoms with Gasteiger partial charge in [-0.15, -0.1) is 0 Å². The van der Waals surface area contributed by atoms with Crippen LogP contribution in [0.25, 0.3) is 5.69 Å². The number of aliphatic hydroxyl groups excluding tert-OH is 1. The minimum absolute atomic E-state index is 0.200. The molecule has 2 unspecified atom stereocenters. The molecule has 3 rings (SSSR count). The van der Waals surface area contributed by atoms with Crippen LogP contribution in [0.3, 0.4) is 0 Å². The lowest BCUT2D eigenvalue weighted by atomic mass is 9.96. The highest BCUT2D eigenvalue weighted by atomic mass is 19.1. The van der Waals surface area contributed by atoms with Gasteiger partial charge in [-0.2, -0.15) is 5.10 Å². The number of aromatic nitrogens is 2. The molecule has 0 saturated carbocycles. The second-order valence-corrected chi connectivity index (χ2v) is 6.15. The molecule has 1 aromatic heterocycles. The number of carbonyl (C=O) groups is 1. The van der Waals surface area contributed by atoms with Crippen LogP contribution in [0, 0.1) is 18.7 Å². The summed E-state index contributed by atoms with van der Waals surface area (Å²) < 4.78 is 14.9. The highest BCUT2D eigenvalue weighted by Gasteiger charge is 2.29. The standard InChI is InChI=1S/C17H20FN3O2/c1-11-6-7-20(10-16(11)22)17(23)15-8-12(2)21(19-15)14-5-3-4-13(18)9-14/h3-5,8-9,11,16,22H,6-7,10H2,1-2H3. The molecular formula is C17H20FN3O2. The third-order valence-electron chi connectivity index (χ3n) is 4.37. The number of nitrogens with zero attached hydrogens (tertiary/aromatic N) is 3. The van der Waals surface area contributed by atoms with Crippen molar-refractivity contribution >= 4 is 5.91 Å². The van der Waals surface area contributed by atoms with Crippen LogP contribution in [0.2, 0.25) is 0 Å². The fraction of sp³-hybridized carbons (Fsp3) is 0.412. The molecule has 23 heavy (non-hydrogen) atoms. The molecule has 1 N–H and O–H groups in total. The van der Waals surface area contributed by atoms with Gasteiger partial charge in [-0.05, 0) is 43.5 Å². The molecule has 1 fully saturated rings. The number of aliphatic hydroxyl groups is 1. The molecule has 1 aliphatic heterocycles. The summed E-state index contributed by atoms with van der Waals surface area (Å²) in [6.07, 6.45) is 0.273. The Kier molecular flexibility index (Phi) is 4.17. The van der Waals surface area contributed by atoms with Gasteiger partial charge in [0.25, 0.3) is 5.91 Å². The molecule has 1 aliphatic rings. The van der Waals surface area contributed by atoms with E-state index in [0.29, 0.717) is 24.5 Å². The molecule has 1 amide bonds. The Labute approximate surface area is 134 Å². The molecule has 2 aromatic rings. The molecule has 1 aromatic carbocycles. The summed E-state index contributed by atoms with van der Waals surface area (Å²) in [6, 6.07) is 7.78. The minimum atomic E-state index is -0.501. The Balaban J connectivity index is 1.84. The normalized spacial score (nSPS) is 21.5. The summed E-state index contributed by atoms with van der Waals surface area (Å²) in [6.45, 7) is 4.74. The van der Waals surface area contributed by atoms with Crippen molar-refractivity contribution in [2.24, 2.45) is 5.92 Å². The molecule has 0 radical (unpaired) electrons. The first-order valence-electron chi connectivity index (χ1n) is 7.75. The van der Waals surface area contributed by atoms with Gasteiger partial charge in [-0.25, -0.2) is 9.07 Å². The van der Waals surface area contributed by atoms with Crippen molar-refractivity contribution in [3.63, 3.8) is 0 Å². The van der Waals surface area contributed by atoms with Crippen molar-refractivity contribution in [3.8, 4) is 5.69 Å². The van der Waals surface area contributed by atoms with Gasteiger partial charge in [-0.1, -0.05) is 13.0 Å². The number of carbonyl (C=O) groups excluding carboxylic acids is 1. The molecule has 2 heterocycles. The highest BCUT2D eigenvalue weighted by molar-refractivity contribution is 5.92. The molecule has 122 valence electrons. The van der Waals surface area contributed by atoms with E-state index in [4.69, 9.17) is 0 Å². The van der Waals surface area contributed by atoms with Crippen LogP contribution >= 0.6 is 0 Å². The Bertz CT molecular complexity index is 728. The zero-order chi connectivity index (χ0) is 16.6. The van der Waals surface area contributed by atoms with Gasteiger partial charge in [0.05, 0.1) is 11.8 Å². The molecule has 0 bridgehead atoms. The van der Waals surface area contributed by atoms with Crippen LogP contribution in [0.4, 0.5) is 4.39 Å². The Morgan fingerprint density at radius 2 is 2.17 bits per heavy atom. The van der Waals surface area contributed by atoms with Crippen LogP contribution in [0.15, 0.2) is 30.3 Å². The first-order chi connectivity index (χ1) is 11.0.